The van der Waals surface area contributed by atoms with Gasteiger partial charge in [-0.05, 0) is 31.0 Å². The Morgan fingerprint density at radius 3 is 3.12 bits per heavy atom. The number of benzene rings is 1. The maximum Gasteiger partial charge on any atom is 0.271 e. The smallest absolute Gasteiger partial charge is 0.271 e. The van der Waals surface area contributed by atoms with E-state index in [1.165, 1.54) is 23.5 Å². The van der Waals surface area contributed by atoms with Gasteiger partial charge in [0.05, 0.1) is 16.5 Å². The number of nitrogens with one attached hydrogen (secondary N) is 1. The van der Waals surface area contributed by atoms with Gasteiger partial charge in [0, 0.05) is 32.4 Å². The third-order valence-electron chi connectivity index (χ3n) is 4.30. The van der Waals surface area contributed by atoms with Crippen molar-refractivity contribution in [2.75, 3.05) is 18.0 Å². The van der Waals surface area contributed by atoms with E-state index in [9.17, 15) is 9.18 Å². The maximum absolute atomic E-state index is 13.4. The largest absolute Gasteiger partial charge is 0.346 e. The Kier molecular flexibility index (Phi) is 4.12. The molecule has 4 rings (SSSR count). The van der Waals surface area contributed by atoms with Crippen molar-refractivity contribution in [1.82, 2.24) is 19.9 Å². The number of halogens is 1. The first-order valence-electron chi connectivity index (χ1n) is 8.18. The molecule has 0 bridgehead atoms. The quantitative estimate of drug-likeness (QED) is 0.781. The molecule has 0 aliphatic carbocycles. The number of carbonyl (C=O) groups excluding carboxylic acids is 1. The van der Waals surface area contributed by atoms with Gasteiger partial charge >= 0.3 is 0 Å². The van der Waals surface area contributed by atoms with Gasteiger partial charge in [0.2, 0.25) is 0 Å². The van der Waals surface area contributed by atoms with Crippen molar-refractivity contribution in [2.24, 2.45) is 7.05 Å². The summed E-state index contributed by atoms with van der Waals surface area (Å²) in [6, 6.07) is 4.69. The van der Waals surface area contributed by atoms with E-state index in [1.54, 1.807) is 23.2 Å². The molecule has 1 aliphatic heterocycles. The fraction of sp³-hybridized carbons (Fsp3) is 0.353. The number of rotatable bonds is 3. The van der Waals surface area contributed by atoms with Crippen molar-refractivity contribution < 1.29 is 9.18 Å². The zero-order valence-corrected chi connectivity index (χ0v) is 14.6. The summed E-state index contributed by atoms with van der Waals surface area (Å²) in [4.78, 5) is 23.1. The summed E-state index contributed by atoms with van der Waals surface area (Å²) in [5.74, 6) is -0.402. The molecule has 1 unspecified atom stereocenters. The second kappa shape index (κ2) is 6.44. The average Bonchev–Trinajstić information content (AvgIpc) is 3.21. The number of nitrogens with zero attached hydrogens (tertiary/aromatic N) is 4. The van der Waals surface area contributed by atoms with Crippen molar-refractivity contribution in [3.05, 3.63) is 42.2 Å². The number of anilines is 1. The highest BCUT2D eigenvalue weighted by Gasteiger charge is 2.24. The summed E-state index contributed by atoms with van der Waals surface area (Å²) in [6.45, 7) is 1.58. The molecule has 1 N–H and O–H groups in total. The Hall–Kier alpha value is -2.48. The Bertz CT molecular complexity index is 921. The van der Waals surface area contributed by atoms with Crippen LogP contribution in [-0.4, -0.2) is 39.6 Å². The van der Waals surface area contributed by atoms with Crippen LogP contribution in [0.3, 0.4) is 0 Å². The van der Waals surface area contributed by atoms with Crippen LogP contribution in [0.1, 0.15) is 23.3 Å². The highest BCUT2D eigenvalue weighted by atomic mass is 32.1. The Balaban J connectivity index is 1.47. The van der Waals surface area contributed by atoms with Crippen LogP contribution >= 0.6 is 11.3 Å². The molecule has 3 aromatic rings. The number of hydrogen-bond donors (Lipinski definition) is 1. The molecular weight excluding hydrogens is 341 g/mol. The first-order chi connectivity index (χ1) is 12.1. The second-order valence-corrected chi connectivity index (χ2v) is 7.30. The highest BCUT2D eigenvalue weighted by Crippen LogP contribution is 2.31. The summed E-state index contributed by atoms with van der Waals surface area (Å²) in [5.41, 5.74) is 1.23. The van der Waals surface area contributed by atoms with Gasteiger partial charge in [-0.25, -0.2) is 14.4 Å². The molecule has 0 spiro atoms. The number of aromatic nitrogens is 3. The molecule has 6 nitrogen and oxygen atoms in total. The summed E-state index contributed by atoms with van der Waals surface area (Å²) in [7, 11) is 1.84. The summed E-state index contributed by atoms with van der Waals surface area (Å²) >= 11 is 1.49. The lowest BCUT2D eigenvalue weighted by Crippen LogP contribution is -2.47. The molecule has 1 saturated heterocycles. The number of aryl methyl sites for hydroxylation is 1. The average molecular weight is 359 g/mol. The second-order valence-electron chi connectivity index (χ2n) is 6.29. The maximum atomic E-state index is 13.4. The van der Waals surface area contributed by atoms with Gasteiger partial charge in [-0.3, -0.25) is 4.79 Å². The van der Waals surface area contributed by atoms with E-state index in [-0.39, 0.29) is 17.8 Å². The van der Waals surface area contributed by atoms with Crippen LogP contribution in [0.5, 0.6) is 0 Å². The van der Waals surface area contributed by atoms with E-state index in [1.807, 2.05) is 7.05 Å². The Labute approximate surface area is 148 Å². The molecule has 0 saturated carbocycles. The van der Waals surface area contributed by atoms with Crippen molar-refractivity contribution in [3.8, 4) is 0 Å². The lowest BCUT2D eigenvalue weighted by atomic mass is 10.1. The topological polar surface area (TPSA) is 63.1 Å². The van der Waals surface area contributed by atoms with Crippen LogP contribution in [-0.2, 0) is 7.05 Å². The summed E-state index contributed by atoms with van der Waals surface area (Å²) in [5, 5.41) is 3.92. The predicted molar refractivity (Wildman–Crippen MR) is 95.5 cm³/mol. The molecule has 1 aliphatic rings. The lowest BCUT2D eigenvalue weighted by Gasteiger charge is -2.32. The molecule has 3 heterocycles. The summed E-state index contributed by atoms with van der Waals surface area (Å²) in [6.07, 6.45) is 5.21. The highest BCUT2D eigenvalue weighted by molar-refractivity contribution is 7.22. The van der Waals surface area contributed by atoms with Gasteiger partial charge in [0.25, 0.3) is 5.91 Å². The Morgan fingerprint density at radius 1 is 1.44 bits per heavy atom. The number of piperidine rings is 1. The van der Waals surface area contributed by atoms with E-state index in [4.69, 9.17) is 0 Å². The normalized spacial score (nSPS) is 17.8. The molecule has 1 amide bonds. The number of thiazole rings is 1. The first kappa shape index (κ1) is 16.0. The van der Waals surface area contributed by atoms with E-state index in [2.05, 4.69) is 20.2 Å². The monoisotopic (exact) mass is 359 g/mol. The molecule has 1 fully saturated rings. The molecule has 8 heteroatoms. The minimum absolute atomic E-state index is 0.0482. The Morgan fingerprint density at radius 2 is 2.32 bits per heavy atom. The predicted octanol–water partition coefficient (Wildman–Crippen LogP) is 2.57. The van der Waals surface area contributed by atoms with Crippen LogP contribution in [0.25, 0.3) is 10.2 Å². The van der Waals surface area contributed by atoms with Crippen molar-refractivity contribution >= 4 is 32.6 Å². The van der Waals surface area contributed by atoms with Gasteiger partial charge in [-0.15, -0.1) is 0 Å². The van der Waals surface area contributed by atoms with Crippen LogP contribution in [0.4, 0.5) is 9.52 Å². The minimum Gasteiger partial charge on any atom is -0.346 e. The zero-order chi connectivity index (χ0) is 17.4. The SMILES string of the molecule is Cn1cnc(C(=O)NC2CCCN(c3nc4ccc(F)cc4s3)C2)c1. The van der Waals surface area contributed by atoms with Gasteiger partial charge in [0.1, 0.15) is 11.5 Å². The number of fused-ring (bicyclic) bond motifs is 1. The minimum atomic E-state index is -0.248. The standard InChI is InChI=1S/C17H18FN5OS/c1-22-9-14(19-10-22)16(24)20-12-3-2-6-23(8-12)17-21-13-5-4-11(18)7-15(13)25-17/h4-5,7,9-10,12H,2-3,6,8H2,1H3,(H,20,24). The van der Waals surface area contributed by atoms with Gasteiger partial charge in [0.15, 0.2) is 5.13 Å². The van der Waals surface area contributed by atoms with Crippen molar-refractivity contribution in [3.63, 3.8) is 0 Å². The molecule has 1 aromatic carbocycles. The number of carbonyl (C=O) groups is 1. The van der Waals surface area contributed by atoms with Gasteiger partial charge in [-0.1, -0.05) is 11.3 Å². The fourth-order valence-corrected chi connectivity index (χ4v) is 4.11. The van der Waals surface area contributed by atoms with Gasteiger partial charge < -0.3 is 14.8 Å². The van der Waals surface area contributed by atoms with Crippen molar-refractivity contribution in [2.45, 2.75) is 18.9 Å². The van der Waals surface area contributed by atoms with E-state index < -0.39 is 0 Å². The van der Waals surface area contributed by atoms with E-state index >= 15 is 0 Å². The molecule has 2 aromatic heterocycles. The first-order valence-corrected chi connectivity index (χ1v) is 9.00. The third kappa shape index (κ3) is 3.34. The van der Waals surface area contributed by atoms with Crippen LogP contribution in [0, 0.1) is 5.82 Å². The molecule has 25 heavy (non-hydrogen) atoms. The van der Waals surface area contributed by atoms with Crippen molar-refractivity contribution in [1.29, 1.82) is 0 Å². The fourth-order valence-electron chi connectivity index (χ4n) is 3.08. The van der Waals surface area contributed by atoms with Crippen LogP contribution in [0.15, 0.2) is 30.7 Å². The molecule has 0 radical (unpaired) electrons. The molecule has 1 atom stereocenters. The number of hydrogen-bond acceptors (Lipinski definition) is 5. The summed E-state index contributed by atoms with van der Waals surface area (Å²) < 4.78 is 16.0. The van der Waals surface area contributed by atoms with Crippen LogP contribution < -0.4 is 10.2 Å². The van der Waals surface area contributed by atoms with E-state index in [0.29, 0.717) is 12.2 Å². The molecule has 130 valence electrons. The zero-order valence-electron chi connectivity index (χ0n) is 13.8. The number of amides is 1. The molecular formula is C17H18FN5OS. The van der Waals surface area contributed by atoms with E-state index in [0.717, 1.165) is 34.7 Å². The van der Waals surface area contributed by atoms with Crippen LogP contribution in [0.2, 0.25) is 0 Å². The third-order valence-corrected chi connectivity index (χ3v) is 5.38. The van der Waals surface area contributed by atoms with Gasteiger partial charge in [-0.2, -0.15) is 0 Å². The lowest BCUT2D eigenvalue weighted by molar-refractivity contribution is 0.0928. The number of imidazole rings is 1.